The van der Waals surface area contributed by atoms with E-state index in [0.717, 1.165) is 6.42 Å². The number of aryl methyl sites for hydroxylation is 2. The molecule has 0 saturated carbocycles. The molecule has 1 radical (unpaired) electrons. The van der Waals surface area contributed by atoms with Crippen molar-refractivity contribution in [2.45, 2.75) is 20.3 Å². The second kappa shape index (κ2) is 4.07. The summed E-state index contributed by atoms with van der Waals surface area (Å²) in [7, 11) is 0. The van der Waals surface area contributed by atoms with Crippen molar-refractivity contribution in [3.05, 3.63) is 35.4 Å². The largest absolute Gasteiger partial charge is 0.255 e. The van der Waals surface area contributed by atoms with Gasteiger partial charge < -0.3 is 0 Å². The highest BCUT2D eigenvalue weighted by Crippen LogP contribution is 2.03. The van der Waals surface area contributed by atoms with Crippen molar-refractivity contribution in [1.29, 1.82) is 0 Å². The van der Waals surface area contributed by atoms with Gasteiger partial charge in [0.2, 0.25) is 0 Å². The molecule has 10 heavy (non-hydrogen) atoms. The SMILES string of the molecule is CCc1cccc(C)c1.[OH]. The molecule has 0 heterocycles. The van der Waals surface area contributed by atoms with Crippen molar-refractivity contribution >= 4 is 0 Å². The number of rotatable bonds is 1. The van der Waals surface area contributed by atoms with E-state index < -0.39 is 0 Å². The summed E-state index contributed by atoms with van der Waals surface area (Å²) in [5.41, 5.74) is 2.78. The first kappa shape index (κ1) is 9.18. The quantitative estimate of drug-likeness (QED) is 0.616. The van der Waals surface area contributed by atoms with E-state index in [-0.39, 0.29) is 5.48 Å². The minimum atomic E-state index is 0. The summed E-state index contributed by atoms with van der Waals surface area (Å²) in [5.74, 6) is 0. The van der Waals surface area contributed by atoms with Gasteiger partial charge >= 0.3 is 0 Å². The fourth-order valence-corrected chi connectivity index (χ4v) is 0.932. The van der Waals surface area contributed by atoms with Gasteiger partial charge in [-0.1, -0.05) is 36.8 Å². The molecule has 1 nitrogen and oxygen atoms in total. The molecule has 0 spiro atoms. The zero-order valence-corrected chi connectivity index (χ0v) is 6.46. The van der Waals surface area contributed by atoms with Crippen LogP contribution in [0.4, 0.5) is 0 Å². The van der Waals surface area contributed by atoms with Crippen LogP contribution in [0.3, 0.4) is 0 Å². The monoisotopic (exact) mass is 137 g/mol. The standard InChI is InChI=1S/C9H12.HO/c1-3-9-6-4-5-8(2)7-9;/h4-7H,3H2,1-2H3;1H. The predicted octanol–water partition coefficient (Wildman–Crippen LogP) is 2.38. The summed E-state index contributed by atoms with van der Waals surface area (Å²) in [4.78, 5) is 0. The Morgan fingerprint density at radius 2 is 2.00 bits per heavy atom. The third-order valence-electron chi connectivity index (χ3n) is 1.49. The molecule has 1 aromatic carbocycles. The maximum atomic E-state index is 2.22. The van der Waals surface area contributed by atoms with Crippen LogP contribution in [0.25, 0.3) is 0 Å². The van der Waals surface area contributed by atoms with Gasteiger partial charge in [-0.15, -0.1) is 0 Å². The van der Waals surface area contributed by atoms with Crippen molar-refractivity contribution in [3.63, 3.8) is 0 Å². The van der Waals surface area contributed by atoms with Crippen molar-refractivity contribution in [2.75, 3.05) is 0 Å². The molecule has 0 aromatic heterocycles. The molecule has 0 saturated heterocycles. The van der Waals surface area contributed by atoms with E-state index >= 15 is 0 Å². The third-order valence-corrected chi connectivity index (χ3v) is 1.49. The smallest absolute Gasteiger partial charge is 0.0307 e. The molecule has 0 amide bonds. The lowest BCUT2D eigenvalue weighted by atomic mass is 10.1. The zero-order valence-electron chi connectivity index (χ0n) is 6.46. The lowest BCUT2D eigenvalue weighted by molar-refractivity contribution is 0.824. The van der Waals surface area contributed by atoms with Gasteiger partial charge in [0.15, 0.2) is 0 Å². The van der Waals surface area contributed by atoms with E-state index in [1.54, 1.807) is 0 Å². The lowest BCUT2D eigenvalue weighted by Gasteiger charge is -1.95. The van der Waals surface area contributed by atoms with Crippen LogP contribution in [-0.2, 0) is 6.42 Å². The van der Waals surface area contributed by atoms with E-state index in [4.69, 9.17) is 0 Å². The van der Waals surface area contributed by atoms with Gasteiger partial charge in [0.25, 0.3) is 0 Å². The van der Waals surface area contributed by atoms with E-state index in [0.29, 0.717) is 0 Å². The molecular weight excluding hydrogens is 124 g/mol. The van der Waals surface area contributed by atoms with E-state index in [2.05, 4.69) is 38.1 Å². The summed E-state index contributed by atoms with van der Waals surface area (Å²) in [6.07, 6.45) is 1.14. The maximum Gasteiger partial charge on any atom is -0.0307 e. The minimum absolute atomic E-state index is 0. The van der Waals surface area contributed by atoms with Crippen LogP contribution in [0.15, 0.2) is 24.3 Å². The van der Waals surface area contributed by atoms with Crippen LogP contribution in [0, 0.1) is 6.92 Å². The molecule has 0 aliphatic carbocycles. The molecule has 55 valence electrons. The Morgan fingerprint density at radius 1 is 1.30 bits per heavy atom. The minimum Gasteiger partial charge on any atom is -0.255 e. The van der Waals surface area contributed by atoms with Crippen LogP contribution in [-0.4, -0.2) is 5.48 Å². The van der Waals surface area contributed by atoms with E-state index in [1.165, 1.54) is 11.1 Å². The number of benzene rings is 1. The Balaban J connectivity index is 0.000000810. The second-order valence-electron chi connectivity index (χ2n) is 2.34. The fourth-order valence-electron chi connectivity index (χ4n) is 0.932. The van der Waals surface area contributed by atoms with Gasteiger partial charge in [-0.2, -0.15) is 0 Å². The summed E-state index contributed by atoms with van der Waals surface area (Å²) in [6.45, 7) is 4.30. The summed E-state index contributed by atoms with van der Waals surface area (Å²) >= 11 is 0. The molecule has 1 N–H and O–H groups in total. The average Bonchev–Trinajstić information content (AvgIpc) is 1.88. The molecule has 0 bridgehead atoms. The molecular formula is C9H13O. The van der Waals surface area contributed by atoms with Crippen molar-refractivity contribution in [3.8, 4) is 0 Å². The second-order valence-corrected chi connectivity index (χ2v) is 2.34. The van der Waals surface area contributed by atoms with Crippen LogP contribution in [0.5, 0.6) is 0 Å². The Morgan fingerprint density at radius 3 is 2.40 bits per heavy atom. The Kier molecular flexibility index (Phi) is 3.74. The number of hydrogen-bond donors (Lipinski definition) is 1. The van der Waals surface area contributed by atoms with Crippen molar-refractivity contribution in [2.24, 2.45) is 0 Å². The molecule has 0 aliphatic rings. The topological polar surface area (TPSA) is 30.0 Å². The van der Waals surface area contributed by atoms with Crippen LogP contribution < -0.4 is 0 Å². The van der Waals surface area contributed by atoms with Crippen LogP contribution in [0.1, 0.15) is 18.1 Å². The Hall–Kier alpha value is -0.820. The van der Waals surface area contributed by atoms with Crippen LogP contribution >= 0.6 is 0 Å². The number of hydrogen-bond acceptors (Lipinski definition) is 0. The molecule has 0 atom stereocenters. The lowest BCUT2D eigenvalue weighted by Crippen LogP contribution is -1.78. The summed E-state index contributed by atoms with van der Waals surface area (Å²) < 4.78 is 0. The molecule has 0 fully saturated rings. The van der Waals surface area contributed by atoms with Gasteiger partial charge in [-0.05, 0) is 18.9 Å². The highest BCUT2D eigenvalue weighted by molar-refractivity contribution is 5.21. The van der Waals surface area contributed by atoms with Gasteiger partial charge in [-0.3, -0.25) is 5.48 Å². The van der Waals surface area contributed by atoms with E-state index in [1.807, 2.05) is 0 Å². The van der Waals surface area contributed by atoms with Gasteiger partial charge in [0.1, 0.15) is 0 Å². The van der Waals surface area contributed by atoms with Crippen molar-refractivity contribution < 1.29 is 5.48 Å². The molecule has 1 heteroatoms. The van der Waals surface area contributed by atoms with Gasteiger partial charge in [0, 0.05) is 0 Å². The molecule has 1 rings (SSSR count). The fraction of sp³-hybridized carbons (Fsp3) is 0.333. The maximum absolute atomic E-state index is 2.22. The zero-order chi connectivity index (χ0) is 6.69. The van der Waals surface area contributed by atoms with E-state index in [9.17, 15) is 0 Å². The predicted molar refractivity (Wildman–Crippen MR) is 42.5 cm³/mol. The first-order valence-electron chi connectivity index (χ1n) is 3.38. The van der Waals surface area contributed by atoms with Gasteiger partial charge in [-0.25, -0.2) is 0 Å². The van der Waals surface area contributed by atoms with Gasteiger partial charge in [0.05, 0.1) is 0 Å². The highest BCUT2D eigenvalue weighted by atomic mass is 16.0. The third kappa shape index (κ3) is 2.19. The normalized spacial score (nSPS) is 8.60. The Labute approximate surface area is 62.0 Å². The van der Waals surface area contributed by atoms with Crippen LogP contribution in [0.2, 0.25) is 0 Å². The van der Waals surface area contributed by atoms with Crippen molar-refractivity contribution in [1.82, 2.24) is 0 Å². The average molecular weight is 137 g/mol. The molecule has 1 aromatic rings. The highest BCUT2D eigenvalue weighted by Gasteiger charge is 1.85. The first-order valence-corrected chi connectivity index (χ1v) is 3.38. The summed E-state index contributed by atoms with van der Waals surface area (Å²) in [6, 6.07) is 8.61. The Bertz CT molecular complexity index is 194. The molecule has 0 unspecified atom stereocenters. The first-order chi connectivity index (χ1) is 4.33. The molecule has 0 aliphatic heterocycles. The summed E-state index contributed by atoms with van der Waals surface area (Å²) in [5, 5.41) is 0.